The number of rotatable bonds is 4. The minimum Gasteiger partial charge on any atom is -0.320 e. The van der Waals surface area contributed by atoms with Gasteiger partial charge in [-0.25, -0.2) is 4.79 Å². The summed E-state index contributed by atoms with van der Waals surface area (Å²) in [5.74, 6) is 0.714. The molecule has 162 valence electrons. The Bertz CT molecular complexity index is 1260. The third-order valence-electron chi connectivity index (χ3n) is 5.82. The minimum absolute atomic E-state index is 0.109. The summed E-state index contributed by atoms with van der Waals surface area (Å²) in [6.07, 6.45) is 2.47. The second-order valence-electron chi connectivity index (χ2n) is 8.14. The largest absolute Gasteiger partial charge is 0.322 e. The molecular formula is C24H25N7O. The summed E-state index contributed by atoms with van der Waals surface area (Å²) in [6.45, 7) is 3.79. The van der Waals surface area contributed by atoms with Gasteiger partial charge in [0, 0.05) is 37.0 Å². The lowest BCUT2D eigenvalue weighted by atomic mass is 10.0. The maximum absolute atomic E-state index is 13.0. The molecule has 2 aromatic carbocycles. The molecule has 1 N–H and O–H groups in total. The van der Waals surface area contributed by atoms with Crippen molar-refractivity contribution in [1.82, 2.24) is 29.4 Å². The molecule has 0 atom stereocenters. The Labute approximate surface area is 186 Å². The molecule has 0 saturated heterocycles. The zero-order chi connectivity index (χ0) is 22.1. The first-order valence-corrected chi connectivity index (χ1v) is 10.7. The zero-order valence-electron chi connectivity index (χ0n) is 18.2. The number of aryl methyl sites for hydroxylation is 2. The maximum Gasteiger partial charge on any atom is 0.322 e. The van der Waals surface area contributed by atoms with E-state index in [4.69, 9.17) is 5.10 Å². The van der Waals surface area contributed by atoms with E-state index in [-0.39, 0.29) is 6.03 Å². The highest BCUT2D eigenvalue weighted by Crippen LogP contribution is 2.29. The van der Waals surface area contributed by atoms with Gasteiger partial charge in [-0.05, 0) is 30.2 Å². The molecule has 0 spiro atoms. The predicted molar refractivity (Wildman–Crippen MR) is 122 cm³/mol. The van der Waals surface area contributed by atoms with Crippen LogP contribution >= 0.6 is 0 Å². The molecule has 1 aliphatic rings. The van der Waals surface area contributed by atoms with Crippen molar-refractivity contribution in [2.24, 2.45) is 7.05 Å². The Balaban J connectivity index is 1.41. The first-order chi connectivity index (χ1) is 15.6. The van der Waals surface area contributed by atoms with Gasteiger partial charge in [0.15, 0.2) is 5.82 Å². The summed E-state index contributed by atoms with van der Waals surface area (Å²) in [5.41, 5.74) is 6.02. The number of hydrogen-bond acceptors (Lipinski definition) is 4. The average Bonchev–Trinajstić information content (AvgIpc) is 3.38. The Kier molecular flexibility index (Phi) is 5.18. The first kappa shape index (κ1) is 20.0. The number of nitrogens with one attached hydrogen (secondary N) is 1. The van der Waals surface area contributed by atoms with E-state index in [9.17, 15) is 4.79 Å². The number of nitrogens with zero attached hydrogens (tertiary/aromatic N) is 6. The van der Waals surface area contributed by atoms with Crippen molar-refractivity contribution >= 4 is 11.7 Å². The van der Waals surface area contributed by atoms with Crippen LogP contribution in [0.2, 0.25) is 0 Å². The molecule has 2 aromatic heterocycles. The Morgan fingerprint density at radius 2 is 1.97 bits per heavy atom. The van der Waals surface area contributed by atoms with Crippen LogP contribution in [0.1, 0.15) is 22.4 Å². The summed E-state index contributed by atoms with van der Waals surface area (Å²) in [4.78, 5) is 14.8. The molecule has 8 nitrogen and oxygen atoms in total. The first-order valence-electron chi connectivity index (χ1n) is 10.7. The highest BCUT2D eigenvalue weighted by atomic mass is 16.2. The number of aromatic nitrogens is 5. The normalized spacial score (nSPS) is 13.1. The molecule has 0 aliphatic carbocycles. The molecule has 1 aliphatic heterocycles. The average molecular weight is 428 g/mol. The van der Waals surface area contributed by atoms with Crippen molar-refractivity contribution < 1.29 is 4.79 Å². The van der Waals surface area contributed by atoms with Crippen LogP contribution in [0, 0.1) is 6.92 Å². The van der Waals surface area contributed by atoms with Crippen LogP contribution < -0.4 is 5.32 Å². The van der Waals surface area contributed by atoms with Crippen molar-refractivity contribution in [3.63, 3.8) is 0 Å². The molecule has 32 heavy (non-hydrogen) atoms. The fourth-order valence-electron chi connectivity index (χ4n) is 4.20. The van der Waals surface area contributed by atoms with Gasteiger partial charge >= 0.3 is 6.03 Å². The molecular weight excluding hydrogens is 402 g/mol. The lowest BCUT2D eigenvalue weighted by Gasteiger charge is -2.28. The number of amides is 2. The Morgan fingerprint density at radius 1 is 1.12 bits per heavy atom. The summed E-state index contributed by atoms with van der Waals surface area (Å²) >= 11 is 0. The number of urea groups is 1. The van der Waals surface area contributed by atoms with Gasteiger partial charge in [0.25, 0.3) is 0 Å². The maximum atomic E-state index is 13.0. The predicted octanol–water partition coefficient (Wildman–Crippen LogP) is 3.63. The number of carbonyl (C=O) groups is 1. The second-order valence-corrected chi connectivity index (χ2v) is 8.14. The minimum atomic E-state index is -0.109. The van der Waals surface area contributed by atoms with Crippen molar-refractivity contribution in [1.29, 1.82) is 0 Å². The second kappa shape index (κ2) is 8.30. The molecule has 2 amide bonds. The van der Waals surface area contributed by atoms with Gasteiger partial charge in [-0.1, -0.05) is 42.5 Å². The van der Waals surface area contributed by atoms with Crippen molar-refractivity contribution in [2.45, 2.75) is 26.4 Å². The molecule has 4 aromatic rings. The van der Waals surface area contributed by atoms with E-state index in [1.54, 1.807) is 6.33 Å². The van der Waals surface area contributed by atoms with E-state index in [1.165, 1.54) is 0 Å². The highest BCUT2D eigenvalue weighted by molar-refractivity contribution is 5.89. The smallest absolute Gasteiger partial charge is 0.320 e. The molecule has 5 rings (SSSR count). The fourth-order valence-corrected chi connectivity index (χ4v) is 4.20. The standard InChI is InChI=1S/C24H25N7O/c1-17-7-6-10-19(13-17)26-24(32)30-12-11-21-20(15-30)22(28-29(21)2)23-27-25-16-31(23)14-18-8-4-3-5-9-18/h3-10,13,16H,11-12,14-15H2,1-2H3,(H,26,32). The Morgan fingerprint density at radius 3 is 2.78 bits per heavy atom. The number of hydrogen-bond donors (Lipinski definition) is 1. The highest BCUT2D eigenvalue weighted by Gasteiger charge is 2.29. The van der Waals surface area contributed by atoms with Gasteiger partial charge < -0.3 is 14.8 Å². The van der Waals surface area contributed by atoms with Crippen LogP contribution in [0.5, 0.6) is 0 Å². The summed E-state index contributed by atoms with van der Waals surface area (Å²) < 4.78 is 3.91. The summed E-state index contributed by atoms with van der Waals surface area (Å²) in [7, 11) is 1.95. The number of carbonyl (C=O) groups excluding carboxylic acids is 1. The van der Waals surface area contributed by atoms with Crippen molar-refractivity contribution in [3.8, 4) is 11.5 Å². The van der Waals surface area contributed by atoms with Crippen LogP contribution in [0.3, 0.4) is 0 Å². The monoisotopic (exact) mass is 427 g/mol. The molecule has 0 saturated carbocycles. The number of anilines is 1. The third-order valence-corrected chi connectivity index (χ3v) is 5.82. The van der Waals surface area contributed by atoms with E-state index in [0.29, 0.717) is 25.5 Å². The van der Waals surface area contributed by atoms with Gasteiger partial charge in [-0.15, -0.1) is 10.2 Å². The van der Waals surface area contributed by atoms with E-state index in [1.807, 2.05) is 70.6 Å². The van der Waals surface area contributed by atoms with Crippen LogP contribution in [0.25, 0.3) is 11.5 Å². The lowest BCUT2D eigenvalue weighted by molar-refractivity contribution is 0.206. The summed E-state index contributed by atoms with van der Waals surface area (Å²) in [6, 6.07) is 17.9. The molecule has 0 unspecified atom stereocenters. The van der Waals surface area contributed by atoms with Gasteiger partial charge in [-0.3, -0.25) is 4.68 Å². The quantitative estimate of drug-likeness (QED) is 0.539. The topological polar surface area (TPSA) is 80.9 Å². The van der Waals surface area contributed by atoms with Crippen LogP contribution in [-0.4, -0.2) is 42.0 Å². The molecule has 0 bridgehead atoms. The van der Waals surface area contributed by atoms with Gasteiger partial charge in [-0.2, -0.15) is 5.10 Å². The molecule has 3 heterocycles. The third kappa shape index (κ3) is 3.87. The van der Waals surface area contributed by atoms with Crippen LogP contribution in [0.4, 0.5) is 10.5 Å². The lowest BCUT2D eigenvalue weighted by Crippen LogP contribution is -2.39. The fraction of sp³-hybridized carbons (Fsp3) is 0.250. The molecule has 0 fully saturated rings. The van der Waals surface area contributed by atoms with E-state index in [2.05, 4.69) is 27.6 Å². The number of fused-ring (bicyclic) bond motifs is 1. The van der Waals surface area contributed by atoms with Gasteiger partial charge in [0.05, 0.1) is 13.1 Å². The van der Waals surface area contributed by atoms with Gasteiger partial charge in [0.2, 0.25) is 0 Å². The van der Waals surface area contributed by atoms with Crippen molar-refractivity contribution in [2.75, 3.05) is 11.9 Å². The van der Waals surface area contributed by atoms with Gasteiger partial charge in [0.1, 0.15) is 12.0 Å². The SMILES string of the molecule is Cc1cccc(NC(=O)N2CCc3c(c(-c4nncn4Cc4ccccc4)nn3C)C2)c1. The number of benzene rings is 2. The van der Waals surface area contributed by atoms with E-state index < -0.39 is 0 Å². The van der Waals surface area contributed by atoms with Crippen molar-refractivity contribution in [3.05, 3.63) is 83.3 Å². The molecule has 8 heteroatoms. The Hall–Kier alpha value is -3.94. The molecule has 0 radical (unpaired) electrons. The van der Waals surface area contributed by atoms with E-state index >= 15 is 0 Å². The zero-order valence-corrected chi connectivity index (χ0v) is 18.2. The van der Waals surface area contributed by atoms with Crippen LogP contribution in [0.15, 0.2) is 60.9 Å². The summed E-state index contributed by atoms with van der Waals surface area (Å²) in [5, 5.41) is 16.3. The van der Waals surface area contributed by atoms with E-state index in [0.717, 1.165) is 40.2 Å². The van der Waals surface area contributed by atoms with Crippen LogP contribution in [-0.2, 0) is 26.6 Å².